The molecule has 0 N–H and O–H groups in total. The Hall–Kier alpha value is -2.28. The van der Waals surface area contributed by atoms with E-state index < -0.39 is 0 Å². The lowest BCUT2D eigenvalue weighted by molar-refractivity contribution is -0.134. The lowest BCUT2D eigenvalue weighted by Crippen LogP contribution is -2.48. The first kappa shape index (κ1) is 20.5. The van der Waals surface area contributed by atoms with Gasteiger partial charge < -0.3 is 14.4 Å². The lowest BCUT2D eigenvalue weighted by atomic mass is 9.98. The van der Waals surface area contributed by atoms with Gasteiger partial charge in [-0.25, -0.2) is 0 Å². The van der Waals surface area contributed by atoms with Gasteiger partial charge in [0.05, 0.1) is 25.7 Å². The minimum Gasteiger partial charge on any atom is -0.493 e. The molecule has 1 aliphatic heterocycles. The summed E-state index contributed by atoms with van der Waals surface area (Å²) in [6.07, 6.45) is 3.36. The van der Waals surface area contributed by atoms with Crippen molar-refractivity contribution in [2.45, 2.75) is 50.2 Å². The predicted octanol–water partition coefficient (Wildman–Crippen LogP) is 4.04. The highest BCUT2D eigenvalue weighted by Gasteiger charge is 2.28. The molecule has 0 spiro atoms. The van der Waals surface area contributed by atoms with Crippen LogP contribution in [-0.2, 0) is 4.79 Å². The van der Waals surface area contributed by atoms with Crippen molar-refractivity contribution in [2.24, 2.45) is 0 Å². The highest BCUT2D eigenvalue weighted by Crippen LogP contribution is 2.32. The standard InChI is InChI=1S/C21H27N3O3S/c1-14-6-5-7-15(2)24(14)21(25)13-28-20-11-9-17(22-23-20)16-8-10-18(26-3)19(12-16)27-4/h8-12,14-15H,5-7,13H2,1-4H3. The second-order valence-corrected chi connectivity index (χ2v) is 8.04. The third-order valence-corrected chi connectivity index (χ3v) is 6.05. The molecule has 1 amide bonds. The molecule has 3 rings (SSSR count). The van der Waals surface area contributed by atoms with Gasteiger partial charge in [0.2, 0.25) is 5.91 Å². The van der Waals surface area contributed by atoms with Crippen LogP contribution in [0.5, 0.6) is 11.5 Å². The van der Waals surface area contributed by atoms with Gasteiger partial charge in [-0.15, -0.1) is 10.2 Å². The Balaban J connectivity index is 1.64. The van der Waals surface area contributed by atoms with E-state index in [0.29, 0.717) is 29.3 Å². The number of rotatable bonds is 6. The van der Waals surface area contributed by atoms with Gasteiger partial charge in [-0.2, -0.15) is 0 Å². The molecule has 7 heteroatoms. The Labute approximate surface area is 170 Å². The van der Waals surface area contributed by atoms with Crippen LogP contribution in [0.15, 0.2) is 35.4 Å². The number of aromatic nitrogens is 2. The monoisotopic (exact) mass is 401 g/mol. The van der Waals surface area contributed by atoms with Gasteiger partial charge in [-0.3, -0.25) is 4.79 Å². The molecule has 1 aromatic heterocycles. The summed E-state index contributed by atoms with van der Waals surface area (Å²) >= 11 is 1.43. The van der Waals surface area contributed by atoms with Crippen LogP contribution in [0.25, 0.3) is 11.3 Å². The van der Waals surface area contributed by atoms with Gasteiger partial charge in [0, 0.05) is 17.6 Å². The maximum atomic E-state index is 12.6. The van der Waals surface area contributed by atoms with E-state index in [-0.39, 0.29) is 5.91 Å². The molecule has 150 valence electrons. The fourth-order valence-corrected chi connectivity index (χ4v) is 4.35. The molecule has 2 unspecified atom stereocenters. The number of benzene rings is 1. The summed E-state index contributed by atoms with van der Waals surface area (Å²) in [6, 6.07) is 10.1. The van der Waals surface area contributed by atoms with Crippen molar-refractivity contribution in [3.63, 3.8) is 0 Å². The highest BCUT2D eigenvalue weighted by atomic mass is 32.2. The number of amides is 1. The van der Waals surface area contributed by atoms with Gasteiger partial charge in [-0.1, -0.05) is 11.8 Å². The van der Waals surface area contributed by atoms with E-state index in [4.69, 9.17) is 9.47 Å². The Bertz CT molecular complexity index is 803. The predicted molar refractivity (Wildman–Crippen MR) is 111 cm³/mol. The van der Waals surface area contributed by atoms with Crippen LogP contribution in [0.2, 0.25) is 0 Å². The number of nitrogens with zero attached hydrogens (tertiary/aromatic N) is 3. The van der Waals surface area contributed by atoms with E-state index in [1.165, 1.54) is 18.2 Å². The first-order valence-corrected chi connectivity index (χ1v) is 10.5. The summed E-state index contributed by atoms with van der Waals surface area (Å²) in [4.78, 5) is 14.7. The summed E-state index contributed by atoms with van der Waals surface area (Å²) in [7, 11) is 3.21. The zero-order valence-electron chi connectivity index (χ0n) is 16.8. The average Bonchev–Trinajstić information content (AvgIpc) is 2.72. The third-order valence-electron chi connectivity index (χ3n) is 5.14. The van der Waals surface area contributed by atoms with Gasteiger partial charge in [0.25, 0.3) is 0 Å². The molecule has 1 aliphatic rings. The van der Waals surface area contributed by atoms with Crippen molar-refractivity contribution in [1.82, 2.24) is 15.1 Å². The van der Waals surface area contributed by atoms with Crippen molar-refractivity contribution in [3.8, 4) is 22.8 Å². The van der Waals surface area contributed by atoms with Crippen molar-refractivity contribution in [2.75, 3.05) is 20.0 Å². The molecule has 1 fully saturated rings. The van der Waals surface area contributed by atoms with E-state index in [1.54, 1.807) is 14.2 Å². The quantitative estimate of drug-likeness (QED) is 0.681. The number of hydrogen-bond donors (Lipinski definition) is 0. The molecule has 2 heterocycles. The second kappa shape index (κ2) is 9.28. The minimum atomic E-state index is 0.176. The second-order valence-electron chi connectivity index (χ2n) is 7.05. The van der Waals surface area contributed by atoms with Crippen LogP contribution in [0, 0.1) is 0 Å². The molecule has 1 aromatic carbocycles. The molecule has 0 aliphatic carbocycles. The number of piperidine rings is 1. The SMILES string of the molecule is COc1ccc(-c2ccc(SCC(=O)N3C(C)CCCC3C)nn2)cc1OC. The molecule has 2 atom stereocenters. The Kier molecular flexibility index (Phi) is 6.78. The summed E-state index contributed by atoms with van der Waals surface area (Å²) in [5.74, 6) is 1.89. The number of carbonyl (C=O) groups is 1. The van der Waals surface area contributed by atoms with E-state index in [2.05, 4.69) is 24.0 Å². The number of likely N-dealkylation sites (tertiary alicyclic amines) is 1. The maximum Gasteiger partial charge on any atom is 0.233 e. The smallest absolute Gasteiger partial charge is 0.233 e. The molecular weight excluding hydrogens is 374 g/mol. The molecule has 0 radical (unpaired) electrons. The minimum absolute atomic E-state index is 0.176. The van der Waals surface area contributed by atoms with Crippen LogP contribution in [0.4, 0.5) is 0 Å². The fourth-order valence-electron chi connectivity index (χ4n) is 3.67. The van der Waals surface area contributed by atoms with E-state index in [0.717, 1.165) is 29.1 Å². The lowest BCUT2D eigenvalue weighted by Gasteiger charge is -2.39. The maximum absolute atomic E-state index is 12.6. The topological polar surface area (TPSA) is 64.5 Å². The zero-order valence-corrected chi connectivity index (χ0v) is 17.7. The van der Waals surface area contributed by atoms with Crippen LogP contribution >= 0.6 is 11.8 Å². The number of ether oxygens (including phenoxy) is 2. The van der Waals surface area contributed by atoms with Crippen molar-refractivity contribution >= 4 is 17.7 Å². The summed E-state index contributed by atoms with van der Waals surface area (Å²) in [5.41, 5.74) is 1.64. The fraction of sp³-hybridized carbons (Fsp3) is 0.476. The Morgan fingerprint density at radius 2 is 1.79 bits per heavy atom. The zero-order chi connectivity index (χ0) is 20.1. The van der Waals surface area contributed by atoms with Gasteiger partial charge >= 0.3 is 0 Å². The molecule has 2 aromatic rings. The van der Waals surface area contributed by atoms with Crippen molar-refractivity contribution in [3.05, 3.63) is 30.3 Å². The van der Waals surface area contributed by atoms with Gasteiger partial charge in [0.1, 0.15) is 5.03 Å². The molecular formula is C21H27N3O3S. The summed E-state index contributed by atoms with van der Waals surface area (Å²) in [6.45, 7) is 4.27. The first-order chi connectivity index (χ1) is 13.5. The Morgan fingerprint density at radius 1 is 1.07 bits per heavy atom. The Morgan fingerprint density at radius 3 is 2.39 bits per heavy atom. The van der Waals surface area contributed by atoms with E-state index in [1.807, 2.05) is 35.2 Å². The van der Waals surface area contributed by atoms with Crippen LogP contribution in [-0.4, -0.2) is 53.1 Å². The highest BCUT2D eigenvalue weighted by molar-refractivity contribution is 7.99. The molecule has 1 saturated heterocycles. The van der Waals surface area contributed by atoms with E-state index in [9.17, 15) is 4.79 Å². The summed E-state index contributed by atoms with van der Waals surface area (Å²) < 4.78 is 10.6. The third kappa shape index (κ3) is 4.58. The van der Waals surface area contributed by atoms with Gasteiger partial charge in [-0.05, 0) is 63.4 Å². The molecule has 0 saturated carbocycles. The largest absolute Gasteiger partial charge is 0.493 e. The van der Waals surface area contributed by atoms with Crippen molar-refractivity contribution < 1.29 is 14.3 Å². The van der Waals surface area contributed by atoms with Crippen LogP contribution < -0.4 is 9.47 Å². The first-order valence-electron chi connectivity index (χ1n) is 9.53. The van der Waals surface area contributed by atoms with Crippen LogP contribution in [0.3, 0.4) is 0 Å². The molecule has 6 nitrogen and oxygen atoms in total. The molecule has 0 bridgehead atoms. The van der Waals surface area contributed by atoms with Crippen LogP contribution in [0.1, 0.15) is 33.1 Å². The van der Waals surface area contributed by atoms with Gasteiger partial charge in [0.15, 0.2) is 11.5 Å². The summed E-state index contributed by atoms with van der Waals surface area (Å²) in [5, 5.41) is 9.33. The number of hydrogen-bond acceptors (Lipinski definition) is 6. The van der Waals surface area contributed by atoms with E-state index >= 15 is 0 Å². The van der Waals surface area contributed by atoms with Crippen molar-refractivity contribution in [1.29, 1.82) is 0 Å². The number of thioether (sulfide) groups is 1. The molecule has 28 heavy (non-hydrogen) atoms. The number of carbonyl (C=O) groups excluding carboxylic acids is 1. The number of methoxy groups -OCH3 is 2. The normalized spacial score (nSPS) is 19.4. The average molecular weight is 402 g/mol.